The van der Waals surface area contributed by atoms with Gasteiger partial charge in [-0.2, -0.15) is 0 Å². The van der Waals surface area contributed by atoms with Crippen LogP contribution in [-0.2, 0) is 6.54 Å². The number of nitrogens with two attached hydrogens (primary N) is 1. The van der Waals surface area contributed by atoms with Crippen molar-refractivity contribution in [3.8, 4) is 0 Å². The average Bonchev–Trinajstić information content (AvgIpc) is 2.84. The predicted molar refractivity (Wildman–Crippen MR) is 81.0 cm³/mol. The molecule has 0 atom stereocenters. The maximum absolute atomic E-state index is 11.7. The fourth-order valence-electron chi connectivity index (χ4n) is 2.03. The summed E-state index contributed by atoms with van der Waals surface area (Å²) >= 11 is 1.45. The Kier molecular flexibility index (Phi) is 7.05. The number of unbranched alkanes of at least 4 members (excludes halogenated alkanes) is 2. The maximum atomic E-state index is 11.7. The van der Waals surface area contributed by atoms with E-state index in [1.165, 1.54) is 30.6 Å². The average molecular weight is 283 g/mol. The van der Waals surface area contributed by atoms with Crippen LogP contribution >= 0.6 is 11.3 Å². The van der Waals surface area contributed by atoms with Gasteiger partial charge in [0, 0.05) is 12.6 Å². The standard InChI is InChI=1S/C14H25N3OS/c1-4-5-6-8-17(11(2)3)10-12-7-9-19-13(12)14(18)16-15/h7,9,11H,4-6,8,10,15H2,1-3H3,(H,16,18). The van der Waals surface area contributed by atoms with E-state index in [-0.39, 0.29) is 5.91 Å². The molecule has 3 N–H and O–H groups in total. The van der Waals surface area contributed by atoms with E-state index >= 15 is 0 Å². The third kappa shape index (κ3) is 4.93. The number of carbonyl (C=O) groups excluding carboxylic acids is 1. The van der Waals surface area contributed by atoms with Crippen molar-refractivity contribution in [1.29, 1.82) is 0 Å². The van der Waals surface area contributed by atoms with Crippen molar-refractivity contribution in [2.24, 2.45) is 5.84 Å². The van der Waals surface area contributed by atoms with Crippen LogP contribution < -0.4 is 11.3 Å². The summed E-state index contributed by atoms with van der Waals surface area (Å²) in [5.41, 5.74) is 3.28. The molecule has 0 spiro atoms. The van der Waals surface area contributed by atoms with Gasteiger partial charge in [0.25, 0.3) is 5.91 Å². The van der Waals surface area contributed by atoms with E-state index in [9.17, 15) is 4.79 Å². The number of thiophene rings is 1. The minimum atomic E-state index is -0.192. The van der Waals surface area contributed by atoms with Crippen molar-refractivity contribution in [1.82, 2.24) is 10.3 Å². The number of carbonyl (C=O) groups is 1. The number of nitrogens with one attached hydrogen (secondary N) is 1. The Morgan fingerprint density at radius 1 is 1.47 bits per heavy atom. The second-order valence-electron chi connectivity index (χ2n) is 5.02. The molecule has 0 aliphatic heterocycles. The summed E-state index contributed by atoms with van der Waals surface area (Å²) in [6.07, 6.45) is 3.69. The molecule has 4 nitrogen and oxygen atoms in total. The van der Waals surface area contributed by atoms with Gasteiger partial charge in [-0.15, -0.1) is 11.3 Å². The molecule has 5 heteroatoms. The topological polar surface area (TPSA) is 58.4 Å². The summed E-state index contributed by atoms with van der Waals surface area (Å²) in [4.78, 5) is 14.8. The van der Waals surface area contributed by atoms with Crippen molar-refractivity contribution in [2.45, 2.75) is 52.6 Å². The van der Waals surface area contributed by atoms with Crippen molar-refractivity contribution in [3.05, 3.63) is 21.9 Å². The first-order valence-corrected chi connectivity index (χ1v) is 7.79. The van der Waals surface area contributed by atoms with Crippen molar-refractivity contribution in [3.63, 3.8) is 0 Å². The van der Waals surface area contributed by atoms with Crippen LogP contribution in [0, 0.1) is 0 Å². The Balaban J connectivity index is 2.68. The Bertz CT molecular complexity index is 390. The Labute approximate surface area is 120 Å². The molecule has 1 heterocycles. The summed E-state index contributed by atoms with van der Waals surface area (Å²) in [7, 11) is 0. The Morgan fingerprint density at radius 2 is 2.21 bits per heavy atom. The van der Waals surface area contributed by atoms with Gasteiger partial charge in [-0.25, -0.2) is 5.84 Å². The molecule has 1 aromatic rings. The first kappa shape index (κ1) is 16.1. The third-order valence-electron chi connectivity index (χ3n) is 3.24. The lowest BCUT2D eigenvalue weighted by molar-refractivity contribution is 0.0955. The van der Waals surface area contributed by atoms with Gasteiger partial charge >= 0.3 is 0 Å². The molecule has 0 aliphatic carbocycles. The van der Waals surface area contributed by atoms with E-state index in [1.807, 2.05) is 11.4 Å². The lowest BCUT2D eigenvalue weighted by Crippen LogP contribution is -2.33. The molecular weight excluding hydrogens is 258 g/mol. The van der Waals surface area contributed by atoms with Crippen LogP contribution in [-0.4, -0.2) is 23.4 Å². The monoisotopic (exact) mass is 283 g/mol. The molecule has 1 aromatic heterocycles. The lowest BCUT2D eigenvalue weighted by Gasteiger charge is -2.26. The van der Waals surface area contributed by atoms with Crippen LogP contribution in [0.15, 0.2) is 11.4 Å². The third-order valence-corrected chi connectivity index (χ3v) is 4.19. The summed E-state index contributed by atoms with van der Waals surface area (Å²) < 4.78 is 0. The zero-order valence-electron chi connectivity index (χ0n) is 12.1. The predicted octanol–water partition coefficient (Wildman–Crippen LogP) is 2.75. The highest BCUT2D eigenvalue weighted by molar-refractivity contribution is 7.12. The fraction of sp³-hybridized carbons (Fsp3) is 0.643. The largest absolute Gasteiger partial charge is 0.297 e. The normalized spacial score (nSPS) is 11.3. The molecule has 0 aliphatic rings. The van der Waals surface area contributed by atoms with E-state index in [1.54, 1.807) is 0 Å². The molecule has 0 saturated heterocycles. The van der Waals surface area contributed by atoms with Gasteiger partial charge in [-0.3, -0.25) is 15.1 Å². The fourth-order valence-corrected chi connectivity index (χ4v) is 2.85. The Morgan fingerprint density at radius 3 is 2.79 bits per heavy atom. The summed E-state index contributed by atoms with van der Waals surface area (Å²) in [6.45, 7) is 8.49. The van der Waals surface area contributed by atoms with Crippen molar-refractivity contribution >= 4 is 17.2 Å². The van der Waals surface area contributed by atoms with Crippen LogP contribution in [0.3, 0.4) is 0 Å². The number of nitrogen functional groups attached to an aromatic ring is 1. The van der Waals surface area contributed by atoms with Gasteiger partial charge in [-0.1, -0.05) is 19.8 Å². The van der Waals surface area contributed by atoms with Gasteiger partial charge in [0.05, 0.1) is 4.88 Å². The lowest BCUT2D eigenvalue weighted by atomic mass is 10.1. The second-order valence-corrected chi connectivity index (χ2v) is 5.94. The maximum Gasteiger partial charge on any atom is 0.275 e. The summed E-state index contributed by atoms with van der Waals surface area (Å²) in [6, 6.07) is 2.50. The molecule has 0 fully saturated rings. The van der Waals surface area contributed by atoms with Gasteiger partial charge in [0.2, 0.25) is 0 Å². The Hall–Kier alpha value is -0.910. The number of hydrogen-bond donors (Lipinski definition) is 2. The number of rotatable bonds is 8. The van der Waals surface area contributed by atoms with Gasteiger partial charge in [0.15, 0.2) is 0 Å². The molecule has 19 heavy (non-hydrogen) atoms. The first-order valence-electron chi connectivity index (χ1n) is 6.91. The molecule has 1 rings (SSSR count). The van der Waals surface area contributed by atoms with Crippen LogP contribution in [0.5, 0.6) is 0 Å². The molecular formula is C14H25N3OS. The number of hydrazine groups is 1. The van der Waals surface area contributed by atoms with E-state index in [2.05, 4.69) is 31.1 Å². The molecule has 108 valence electrons. The molecule has 0 bridgehead atoms. The molecule has 1 amide bonds. The van der Waals surface area contributed by atoms with E-state index in [0.29, 0.717) is 6.04 Å². The molecule has 0 saturated carbocycles. The summed E-state index contributed by atoms with van der Waals surface area (Å²) in [5, 5.41) is 1.95. The summed E-state index contributed by atoms with van der Waals surface area (Å²) in [5.74, 6) is 5.02. The second kappa shape index (κ2) is 8.30. The minimum absolute atomic E-state index is 0.192. The van der Waals surface area contributed by atoms with Gasteiger partial charge in [0.1, 0.15) is 0 Å². The number of amides is 1. The van der Waals surface area contributed by atoms with Crippen molar-refractivity contribution < 1.29 is 4.79 Å². The first-order chi connectivity index (χ1) is 9.10. The zero-order chi connectivity index (χ0) is 14.3. The van der Waals surface area contributed by atoms with Crippen LogP contribution in [0.2, 0.25) is 0 Å². The van der Waals surface area contributed by atoms with Crippen LogP contribution in [0.1, 0.15) is 55.3 Å². The number of hydrogen-bond acceptors (Lipinski definition) is 4. The van der Waals surface area contributed by atoms with Crippen LogP contribution in [0.4, 0.5) is 0 Å². The zero-order valence-corrected chi connectivity index (χ0v) is 12.9. The van der Waals surface area contributed by atoms with Crippen molar-refractivity contribution in [2.75, 3.05) is 6.54 Å². The number of nitrogens with zero attached hydrogens (tertiary/aromatic N) is 1. The minimum Gasteiger partial charge on any atom is -0.297 e. The molecule has 0 aromatic carbocycles. The van der Waals surface area contributed by atoms with E-state index in [0.717, 1.165) is 23.5 Å². The highest BCUT2D eigenvalue weighted by Crippen LogP contribution is 2.20. The molecule has 0 unspecified atom stereocenters. The van der Waals surface area contributed by atoms with Crippen LogP contribution in [0.25, 0.3) is 0 Å². The SMILES string of the molecule is CCCCCN(Cc1ccsc1C(=O)NN)C(C)C. The molecule has 0 radical (unpaired) electrons. The highest BCUT2D eigenvalue weighted by atomic mass is 32.1. The smallest absolute Gasteiger partial charge is 0.275 e. The quantitative estimate of drug-likeness (QED) is 0.334. The van der Waals surface area contributed by atoms with E-state index in [4.69, 9.17) is 5.84 Å². The van der Waals surface area contributed by atoms with Gasteiger partial charge < -0.3 is 0 Å². The van der Waals surface area contributed by atoms with E-state index < -0.39 is 0 Å². The highest BCUT2D eigenvalue weighted by Gasteiger charge is 2.16. The van der Waals surface area contributed by atoms with Gasteiger partial charge in [-0.05, 0) is 43.8 Å².